The quantitative estimate of drug-likeness (QED) is 0.815. The fourth-order valence-corrected chi connectivity index (χ4v) is 1.63. The highest BCUT2D eigenvalue weighted by Crippen LogP contribution is 2.16. The van der Waals surface area contributed by atoms with Gasteiger partial charge in [-0.25, -0.2) is 0 Å². The molecule has 1 aromatic rings. The molecule has 0 bridgehead atoms. The van der Waals surface area contributed by atoms with Crippen molar-refractivity contribution in [2.75, 3.05) is 13.7 Å². The Morgan fingerprint density at radius 3 is 2.82 bits per heavy atom. The molecule has 0 aromatic heterocycles. The van der Waals surface area contributed by atoms with Gasteiger partial charge in [0.05, 0.1) is 0 Å². The van der Waals surface area contributed by atoms with Gasteiger partial charge < -0.3 is 15.2 Å². The maximum absolute atomic E-state index is 11.5. The van der Waals surface area contributed by atoms with Crippen LogP contribution in [0, 0.1) is 0 Å². The van der Waals surface area contributed by atoms with Crippen LogP contribution in [0.3, 0.4) is 0 Å². The van der Waals surface area contributed by atoms with Crippen LogP contribution < -0.4 is 5.73 Å². The first kappa shape index (κ1) is 14.2. The van der Waals surface area contributed by atoms with E-state index < -0.39 is 12.0 Å². The van der Waals surface area contributed by atoms with Crippen molar-refractivity contribution in [1.29, 1.82) is 0 Å². The largest absolute Gasteiger partial charge is 0.460 e. The Labute approximate surface area is 109 Å². The van der Waals surface area contributed by atoms with E-state index in [1.165, 1.54) is 0 Å². The average Bonchev–Trinajstić information content (AvgIpc) is 2.34. The molecule has 0 radical (unpaired) electrons. The summed E-state index contributed by atoms with van der Waals surface area (Å²) in [7, 11) is 1.57. The van der Waals surface area contributed by atoms with Crippen LogP contribution >= 0.6 is 15.9 Å². The smallest absolute Gasteiger partial charge is 0.323 e. The monoisotopic (exact) mass is 301 g/mol. The third kappa shape index (κ3) is 4.85. The third-order valence-electron chi connectivity index (χ3n) is 2.26. The van der Waals surface area contributed by atoms with Crippen LogP contribution in [0.25, 0.3) is 0 Å². The number of benzene rings is 1. The van der Waals surface area contributed by atoms with Crippen LogP contribution in [0.4, 0.5) is 0 Å². The molecule has 2 N–H and O–H groups in total. The summed E-state index contributed by atoms with van der Waals surface area (Å²) in [6.45, 7) is 0.673. The van der Waals surface area contributed by atoms with E-state index in [0.29, 0.717) is 13.0 Å². The highest BCUT2D eigenvalue weighted by Gasteiger charge is 2.14. The Bertz CT molecular complexity index is 371. The first-order chi connectivity index (χ1) is 8.15. The van der Waals surface area contributed by atoms with Gasteiger partial charge >= 0.3 is 5.97 Å². The predicted octanol–water partition coefficient (Wildman–Crippen LogP) is 1.86. The molecule has 94 valence electrons. The summed E-state index contributed by atoms with van der Waals surface area (Å²) in [6, 6.07) is 6.95. The van der Waals surface area contributed by atoms with Crippen molar-refractivity contribution in [3.63, 3.8) is 0 Å². The molecule has 0 fully saturated rings. The van der Waals surface area contributed by atoms with Gasteiger partial charge in [-0.05, 0) is 12.5 Å². The van der Waals surface area contributed by atoms with Crippen LogP contribution in [0.5, 0.6) is 0 Å². The zero-order valence-corrected chi connectivity index (χ0v) is 11.3. The van der Waals surface area contributed by atoms with E-state index in [0.717, 1.165) is 10.0 Å². The van der Waals surface area contributed by atoms with Gasteiger partial charge in [0.15, 0.2) is 0 Å². The lowest BCUT2D eigenvalue weighted by molar-refractivity contribution is -0.147. The molecule has 17 heavy (non-hydrogen) atoms. The van der Waals surface area contributed by atoms with Gasteiger partial charge in [0.1, 0.15) is 12.6 Å². The lowest BCUT2D eigenvalue weighted by Gasteiger charge is -2.11. The van der Waals surface area contributed by atoms with Gasteiger partial charge in [-0.15, -0.1) is 0 Å². The number of hydrogen-bond donors (Lipinski definition) is 1. The van der Waals surface area contributed by atoms with Crippen molar-refractivity contribution in [1.82, 2.24) is 0 Å². The molecule has 0 saturated heterocycles. The number of nitrogens with two attached hydrogens (primary N) is 1. The van der Waals surface area contributed by atoms with Crippen LogP contribution in [0.1, 0.15) is 12.0 Å². The number of ether oxygens (including phenoxy) is 2. The van der Waals surface area contributed by atoms with E-state index in [4.69, 9.17) is 15.2 Å². The van der Waals surface area contributed by atoms with Gasteiger partial charge in [0.2, 0.25) is 0 Å². The highest BCUT2D eigenvalue weighted by atomic mass is 79.9. The van der Waals surface area contributed by atoms with Gasteiger partial charge in [0.25, 0.3) is 0 Å². The minimum Gasteiger partial charge on any atom is -0.460 e. The Morgan fingerprint density at radius 1 is 1.47 bits per heavy atom. The second-order valence-corrected chi connectivity index (χ2v) is 4.44. The first-order valence-corrected chi connectivity index (χ1v) is 6.09. The zero-order valence-electron chi connectivity index (χ0n) is 9.69. The van der Waals surface area contributed by atoms with E-state index in [1.807, 2.05) is 24.3 Å². The van der Waals surface area contributed by atoms with Crippen molar-refractivity contribution < 1.29 is 14.3 Å². The molecule has 0 amide bonds. The van der Waals surface area contributed by atoms with E-state index in [1.54, 1.807) is 7.11 Å². The lowest BCUT2D eigenvalue weighted by atomic mass is 10.2. The second kappa shape index (κ2) is 7.42. The molecule has 0 aliphatic heterocycles. The molecular weight excluding hydrogens is 286 g/mol. The molecule has 0 spiro atoms. The summed E-state index contributed by atoms with van der Waals surface area (Å²) in [5, 5.41) is 0. The van der Waals surface area contributed by atoms with Crippen LogP contribution in [-0.4, -0.2) is 25.7 Å². The molecule has 0 aliphatic carbocycles. The maximum atomic E-state index is 11.5. The summed E-state index contributed by atoms with van der Waals surface area (Å²) in [4.78, 5) is 11.5. The van der Waals surface area contributed by atoms with Crippen LogP contribution in [0.15, 0.2) is 28.7 Å². The van der Waals surface area contributed by atoms with Crippen molar-refractivity contribution in [2.45, 2.75) is 19.1 Å². The zero-order chi connectivity index (χ0) is 12.7. The van der Waals surface area contributed by atoms with Gasteiger partial charge in [-0.3, -0.25) is 4.79 Å². The molecular formula is C12H16BrNO3. The average molecular weight is 302 g/mol. The normalized spacial score (nSPS) is 12.2. The van der Waals surface area contributed by atoms with E-state index >= 15 is 0 Å². The number of esters is 1. The molecule has 4 nitrogen and oxygen atoms in total. The number of carbonyl (C=O) groups excluding carboxylic acids is 1. The fraction of sp³-hybridized carbons (Fsp3) is 0.417. The van der Waals surface area contributed by atoms with Gasteiger partial charge in [-0.2, -0.15) is 0 Å². The number of methoxy groups -OCH3 is 1. The minimum atomic E-state index is -0.627. The molecule has 0 aliphatic rings. The van der Waals surface area contributed by atoms with Gasteiger partial charge in [-0.1, -0.05) is 34.1 Å². The Morgan fingerprint density at radius 2 is 2.18 bits per heavy atom. The fourth-order valence-electron chi connectivity index (χ4n) is 1.23. The van der Waals surface area contributed by atoms with E-state index in [2.05, 4.69) is 15.9 Å². The highest BCUT2D eigenvalue weighted by molar-refractivity contribution is 9.10. The van der Waals surface area contributed by atoms with E-state index in [9.17, 15) is 4.79 Å². The number of hydrogen-bond acceptors (Lipinski definition) is 4. The summed E-state index contributed by atoms with van der Waals surface area (Å²) >= 11 is 3.38. The molecule has 0 saturated carbocycles. The molecule has 1 rings (SSSR count). The van der Waals surface area contributed by atoms with Crippen molar-refractivity contribution >= 4 is 21.9 Å². The topological polar surface area (TPSA) is 61.5 Å². The molecule has 0 heterocycles. The second-order valence-electron chi connectivity index (χ2n) is 3.59. The first-order valence-electron chi connectivity index (χ1n) is 5.29. The number of carbonyl (C=O) groups is 1. The molecule has 1 unspecified atom stereocenters. The summed E-state index contributed by atoms with van der Waals surface area (Å²) in [6.07, 6.45) is 0.464. The van der Waals surface area contributed by atoms with Crippen LogP contribution in [0.2, 0.25) is 0 Å². The number of halogens is 1. The summed E-state index contributed by atoms with van der Waals surface area (Å²) in [5.41, 5.74) is 6.56. The van der Waals surface area contributed by atoms with Crippen molar-refractivity contribution in [3.8, 4) is 0 Å². The Balaban J connectivity index is 2.40. The molecule has 1 aromatic carbocycles. The standard InChI is InChI=1S/C12H16BrNO3/c1-16-7-6-11(14)12(15)17-8-9-4-2-3-5-10(9)13/h2-5,11H,6-8,14H2,1H3. The Hall–Kier alpha value is -0.910. The predicted molar refractivity (Wildman–Crippen MR) is 68.4 cm³/mol. The minimum absolute atomic E-state index is 0.223. The van der Waals surface area contributed by atoms with Crippen molar-refractivity contribution in [3.05, 3.63) is 34.3 Å². The number of rotatable bonds is 6. The SMILES string of the molecule is COCCC(N)C(=O)OCc1ccccc1Br. The maximum Gasteiger partial charge on any atom is 0.323 e. The van der Waals surface area contributed by atoms with Crippen LogP contribution in [-0.2, 0) is 20.9 Å². The van der Waals surface area contributed by atoms with Crippen molar-refractivity contribution in [2.24, 2.45) is 5.73 Å². The van der Waals surface area contributed by atoms with E-state index in [-0.39, 0.29) is 6.61 Å². The lowest BCUT2D eigenvalue weighted by Crippen LogP contribution is -2.33. The summed E-state index contributed by atoms with van der Waals surface area (Å²) in [5.74, 6) is -0.405. The molecule has 1 atom stereocenters. The van der Waals surface area contributed by atoms with Gasteiger partial charge in [0, 0.05) is 23.8 Å². The Kier molecular flexibility index (Phi) is 6.18. The summed E-state index contributed by atoms with van der Waals surface area (Å²) < 4.78 is 10.9. The third-order valence-corrected chi connectivity index (χ3v) is 3.04. The molecule has 5 heteroatoms.